The zero-order chi connectivity index (χ0) is 19.2. The highest BCUT2D eigenvalue weighted by atomic mass is 35.5. The molecule has 0 aliphatic carbocycles. The van der Waals surface area contributed by atoms with Gasteiger partial charge in [0, 0.05) is 16.3 Å². The zero-order valence-electron chi connectivity index (χ0n) is 14.1. The lowest BCUT2D eigenvalue weighted by Gasteiger charge is -2.12. The van der Waals surface area contributed by atoms with Crippen LogP contribution in [0.3, 0.4) is 0 Å². The van der Waals surface area contributed by atoms with E-state index in [9.17, 15) is 9.59 Å². The van der Waals surface area contributed by atoms with Crippen LogP contribution in [0, 0.1) is 0 Å². The number of amides is 1. The van der Waals surface area contributed by atoms with Crippen LogP contribution >= 0.6 is 23.2 Å². The largest absolute Gasteiger partial charge is 0.452 e. The van der Waals surface area contributed by atoms with E-state index >= 15 is 0 Å². The van der Waals surface area contributed by atoms with Gasteiger partial charge in [-0.25, -0.2) is 4.79 Å². The van der Waals surface area contributed by atoms with Gasteiger partial charge in [0.2, 0.25) is 0 Å². The lowest BCUT2D eigenvalue weighted by Crippen LogP contribution is -2.21. The molecule has 0 heterocycles. The molecule has 3 aromatic rings. The van der Waals surface area contributed by atoms with E-state index in [1.807, 2.05) is 48.5 Å². The van der Waals surface area contributed by atoms with E-state index < -0.39 is 18.5 Å². The van der Waals surface area contributed by atoms with Crippen molar-refractivity contribution in [1.29, 1.82) is 0 Å². The minimum atomic E-state index is -0.692. The number of carbonyl (C=O) groups is 2. The lowest BCUT2D eigenvalue weighted by atomic mass is 10.0. The minimum Gasteiger partial charge on any atom is -0.452 e. The quantitative estimate of drug-likeness (QED) is 0.579. The molecule has 0 unspecified atom stereocenters. The second-order valence-electron chi connectivity index (χ2n) is 5.66. The summed E-state index contributed by atoms with van der Waals surface area (Å²) in [4.78, 5) is 24.3. The van der Waals surface area contributed by atoms with Crippen LogP contribution in [0.2, 0.25) is 10.0 Å². The van der Waals surface area contributed by atoms with Gasteiger partial charge in [0.05, 0.1) is 10.6 Å². The number of benzene rings is 3. The molecule has 0 radical (unpaired) electrons. The van der Waals surface area contributed by atoms with Crippen LogP contribution in [0.1, 0.15) is 10.4 Å². The van der Waals surface area contributed by atoms with Crippen molar-refractivity contribution < 1.29 is 14.3 Å². The molecule has 6 heteroatoms. The van der Waals surface area contributed by atoms with Crippen LogP contribution in [-0.4, -0.2) is 18.5 Å². The summed E-state index contributed by atoms with van der Waals surface area (Å²) in [5, 5.41) is 3.35. The van der Waals surface area contributed by atoms with Crippen LogP contribution < -0.4 is 5.32 Å². The SMILES string of the molecule is O=C(COC(=O)c1ccc(Cl)cc1Cl)Nc1ccccc1-c1ccccc1. The maximum absolute atomic E-state index is 12.2. The first-order chi connectivity index (χ1) is 13.0. The highest BCUT2D eigenvalue weighted by Gasteiger charge is 2.15. The van der Waals surface area contributed by atoms with E-state index in [-0.39, 0.29) is 10.6 Å². The van der Waals surface area contributed by atoms with Crippen molar-refractivity contribution in [1.82, 2.24) is 0 Å². The average molecular weight is 400 g/mol. The summed E-state index contributed by atoms with van der Waals surface area (Å²) in [6.07, 6.45) is 0. The summed E-state index contributed by atoms with van der Waals surface area (Å²) < 4.78 is 5.05. The molecule has 0 atom stereocenters. The number of nitrogens with one attached hydrogen (secondary N) is 1. The fourth-order valence-electron chi connectivity index (χ4n) is 2.51. The number of hydrogen-bond acceptors (Lipinski definition) is 3. The number of carbonyl (C=O) groups excluding carboxylic acids is 2. The predicted molar refractivity (Wildman–Crippen MR) is 107 cm³/mol. The van der Waals surface area contributed by atoms with E-state index in [0.29, 0.717) is 10.7 Å². The second-order valence-corrected chi connectivity index (χ2v) is 6.50. The van der Waals surface area contributed by atoms with Crippen molar-refractivity contribution >= 4 is 40.8 Å². The molecule has 0 spiro atoms. The van der Waals surface area contributed by atoms with Crippen molar-refractivity contribution in [3.63, 3.8) is 0 Å². The topological polar surface area (TPSA) is 55.4 Å². The molecule has 0 aromatic heterocycles. The fraction of sp³-hybridized carbons (Fsp3) is 0.0476. The Kier molecular flexibility index (Phi) is 6.12. The smallest absolute Gasteiger partial charge is 0.340 e. The Hall–Kier alpha value is -2.82. The van der Waals surface area contributed by atoms with Gasteiger partial charge in [-0.1, -0.05) is 71.7 Å². The summed E-state index contributed by atoms with van der Waals surface area (Å²) in [5.74, 6) is -1.14. The standard InChI is InChI=1S/C21H15Cl2NO3/c22-15-10-11-17(18(23)12-15)21(26)27-13-20(25)24-19-9-5-4-8-16(19)14-6-2-1-3-7-14/h1-12H,13H2,(H,24,25). The highest BCUT2D eigenvalue weighted by molar-refractivity contribution is 6.36. The Morgan fingerprint density at radius 2 is 1.59 bits per heavy atom. The number of ether oxygens (including phenoxy) is 1. The first-order valence-electron chi connectivity index (χ1n) is 8.11. The number of esters is 1. The summed E-state index contributed by atoms with van der Waals surface area (Å²) in [6.45, 7) is -0.430. The van der Waals surface area contributed by atoms with E-state index in [2.05, 4.69) is 5.32 Å². The Morgan fingerprint density at radius 3 is 2.33 bits per heavy atom. The lowest BCUT2D eigenvalue weighted by molar-refractivity contribution is -0.119. The van der Waals surface area contributed by atoms with Gasteiger partial charge in [-0.05, 0) is 29.8 Å². The number of rotatable bonds is 5. The molecule has 1 N–H and O–H groups in total. The van der Waals surface area contributed by atoms with Crippen LogP contribution in [0.5, 0.6) is 0 Å². The molecule has 136 valence electrons. The van der Waals surface area contributed by atoms with E-state index in [0.717, 1.165) is 11.1 Å². The molecule has 1 amide bonds. The first kappa shape index (κ1) is 19.0. The van der Waals surface area contributed by atoms with Gasteiger partial charge in [-0.3, -0.25) is 4.79 Å². The summed E-state index contributed by atoms with van der Waals surface area (Å²) >= 11 is 11.8. The molecule has 3 aromatic carbocycles. The maximum atomic E-state index is 12.2. The average Bonchev–Trinajstić information content (AvgIpc) is 2.67. The van der Waals surface area contributed by atoms with Gasteiger partial charge in [-0.15, -0.1) is 0 Å². The van der Waals surface area contributed by atoms with Crippen LogP contribution in [0.15, 0.2) is 72.8 Å². The molecular weight excluding hydrogens is 385 g/mol. The van der Waals surface area contributed by atoms with Crippen molar-refractivity contribution in [3.8, 4) is 11.1 Å². The molecule has 0 aliphatic rings. The van der Waals surface area contributed by atoms with Crippen molar-refractivity contribution in [3.05, 3.63) is 88.4 Å². The van der Waals surface area contributed by atoms with Crippen molar-refractivity contribution in [2.45, 2.75) is 0 Å². The van der Waals surface area contributed by atoms with Crippen molar-refractivity contribution in [2.75, 3.05) is 11.9 Å². The van der Waals surface area contributed by atoms with Gasteiger partial charge in [0.25, 0.3) is 5.91 Å². The van der Waals surface area contributed by atoms with E-state index in [4.69, 9.17) is 27.9 Å². The van der Waals surface area contributed by atoms with Crippen molar-refractivity contribution in [2.24, 2.45) is 0 Å². The number of halogens is 2. The molecule has 0 fully saturated rings. The summed E-state index contributed by atoms with van der Waals surface area (Å²) in [7, 11) is 0. The predicted octanol–water partition coefficient (Wildman–Crippen LogP) is 5.46. The van der Waals surface area contributed by atoms with Crippen LogP contribution in [-0.2, 0) is 9.53 Å². The Labute approximate surface area is 166 Å². The second kappa shape index (κ2) is 8.71. The number of para-hydroxylation sites is 1. The van der Waals surface area contributed by atoms with Crippen LogP contribution in [0.4, 0.5) is 5.69 Å². The molecule has 0 aliphatic heterocycles. The Morgan fingerprint density at radius 1 is 0.889 bits per heavy atom. The summed E-state index contributed by atoms with van der Waals surface area (Å²) in [5.41, 5.74) is 2.63. The molecular formula is C21H15Cl2NO3. The molecule has 27 heavy (non-hydrogen) atoms. The van der Waals surface area contributed by atoms with E-state index in [1.54, 1.807) is 6.07 Å². The first-order valence-corrected chi connectivity index (χ1v) is 8.86. The minimum absolute atomic E-state index is 0.151. The summed E-state index contributed by atoms with van der Waals surface area (Å²) in [6, 6.07) is 21.5. The maximum Gasteiger partial charge on any atom is 0.340 e. The fourth-order valence-corrected chi connectivity index (χ4v) is 3.00. The van der Waals surface area contributed by atoms with Gasteiger partial charge < -0.3 is 10.1 Å². The third-order valence-electron chi connectivity index (χ3n) is 3.77. The normalized spacial score (nSPS) is 10.3. The Balaban J connectivity index is 1.66. The monoisotopic (exact) mass is 399 g/mol. The Bertz CT molecular complexity index is 974. The van der Waals surface area contributed by atoms with Gasteiger partial charge in [-0.2, -0.15) is 0 Å². The third kappa shape index (κ3) is 4.88. The molecule has 3 rings (SSSR count). The molecule has 0 bridgehead atoms. The highest BCUT2D eigenvalue weighted by Crippen LogP contribution is 2.27. The molecule has 4 nitrogen and oxygen atoms in total. The number of anilines is 1. The third-order valence-corrected chi connectivity index (χ3v) is 4.32. The van der Waals surface area contributed by atoms with E-state index in [1.165, 1.54) is 18.2 Å². The van der Waals surface area contributed by atoms with Gasteiger partial charge >= 0.3 is 5.97 Å². The number of hydrogen-bond donors (Lipinski definition) is 1. The van der Waals surface area contributed by atoms with Crippen LogP contribution in [0.25, 0.3) is 11.1 Å². The zero-order valence-corrected chi connectivity index (χ0v) is 15.6. The van der Waals surface area contributed by atoms with Gasteiger partial charge in [0.15, 0.2) is 6.61 Å². The molecule has 0 saturated carbocycles. The molecule has 0 saturated heterocycles. The van der Waals surface area contributed by atoms with Gasteiger partial charge in [0.1, 0.15) is 0 Å².